The fraction of sp³-hybridized carbons (Fsp3) is 0.538. The Balaban J connectivity index is 1.70. The van der Waals surface area contributed by atoms with Crippen molar-refractivity contribution in [2.24, 2.45) is 5.41 Å². The summed E-state index contributed by atoms with van der Waals surface area (Å²) in [7, 11) is 0. The van der Waals surface area contributed by atoms with Gasteiger partial charge in [-0.1, -0.05) is 0 Å². The first-order valence-corrected chi connectivity index (χ1v) is 6.88. The lowest BCUT2D eigenvalue weighted by Crippen LogP contribution is -2.39. The van der Waals surface area contributed by atoms with Gasteiger partial charge < -0.3 is 4.90 Å². The predicted octanol–water partition coefficient (Wildman–Crippen LogP) is 2.86. The summed E-state index contributed by atoms with van der Waals surface area (Å²) >= 11 is 3.35. The number of carbonyl (C=O) groups is 1. The van der Waals surface area contributed by atoms with Gasteiger partial charge in [0.1, 0.15) is 0 Å². The predicted molar refractivity (Wildman–Crippen MR) is 68.7 cm³/mol. The molecule has 1 amide bonds. The molecule has 0 aromatic carbocycles. The molecule has 1 saturated heterocycles. The maximum absolute atomic E-state index is 12.2. The fourth-order valence-electron chi connectivity index (χ4n) is 2.57. The number of halogens is 1. The Morgan fingerprint density at radius 1 is 1.24 bits per heavy atom. The molecule has 0 atom stereocenters. The molecule has 0 N–H and O–H groups in total. The molecule has 1 aromatic heterocycles. The van der Waals surface area contributed by atoms with Gasteiger partial charge in [0, 0.05) is 30.0 Å². The zero-order valence-electron chi connectivity index (χ0n) is 9.66. The van der Waals surface area contributed by atoms with Gasteiger partial charge in [-0.2, -0.15) is 0 Å². The number of piperidine rings is 1. The van der Waals surface area contributed by atoms with Crippen LogP contribution in [0.1, 0.15) is 36.0 Å². The topological polar surface area (TPSA) is 33.2 Å². The van der Waals surface area contributed by atoms with E-state index < -0.39 is 0 Å². The van der Waals surface area contributed by atoms with E-state index in [1.54, 1.807) is 12.4 Å². The maximum atomic E-state index is 12.2. The summed E-state index contributed by atoms with van der Waals surface area (Å²) in [6, 6.07) is 1.84. The molecular formula is C13H15BrN2O. The average molecular weight is 295 g/mol. The van der Waals surface area contributed by atoms with Gasteiger partial charge in [-0.15, -0.1) is 0 Å². The number of carbonyl (C=O) groups excluding carboxylic acids is 1. The van der Waals surface area contributed by atoms with Gasteiger partial charge in [0.25, 0.3) is 5.91 Å². The van der Waals surface area contributed by atoms with E-state index in [0.717, 1.165) is 17.6 Å². The molecule has 90 valence electrons. The molecule has 1 spiro atoms. The Kier molecular flexibility index (Phi) is 2.69. The van der Waals surface area contributed by atoms with Crippen molar-refractivity contribution in [3.63, 3.8) is 0 Å². The summed E-state index contributed by atoms with van der Waals surface area (Å²) in [5.41, 5.74) is 1.30. The van der Waals surface area contributed by atoms with Crippen molar-refractivity contribution in [2.75, 3.05) is 13.1 Å². The maximum Gasteiger partial charge on any atom is 0.255 e. The van der Waals surface area contributed by atoms with Crippen LogP contribution in [0.2, 0.25) is 0 Å². The van der Waals surface area contributed by atoms with Crippen molar-refractivity contribution in [1.82, 2.24) is 9.88 Å². The number of hydrogen-bond acceptors (Lipinski definition) is 2. The van der Waals surface area contributed by atoms with Crippen molar-refractivity contribution >= 4 is 21.8 Å². The lowest BCUT2D eigenvalue weighted by atomic mass is 9.93. The van der Waals surface area contributed by atoms with Crippen LogP contribution in [-0.2, 0) is 0 Å². The summed E-state index contributed by atoms with van der Waals surface area (Å²) in [4.78, 5) is 18.3. The summed E-state index contributed by atoms with van der Waals surface area (Å²) in [6.07, 6.45) is 8.45. The van der Waals surface area contributed by atoms with E-state index in [2.05, 4.69) is 20.9 Å². The standard InChI is InChI=1S/C13H15BrN2O/c14-11-7-10(8-15-9-11)12(17)16-5-3-13(1-2-13)4-6-16/h7-9H,1-6H2. The molecule has 2 fully saturated rings. The van der Waals surface area contributed by atoms with Crippen LogP contribution < -0.4 is 0 Å². The van der Waals surface area contributed by atoms with Crippen molar-refractivity contribution < 1.29 is 4.79 Å². The number of amides is 1. The number of hydrogen-bond donors (Lipinski definition) is 0. The fourth-order valence-corrected chi connectivity index (χ4v) is 2.94. The van der Waals surface area contributed by atoms with Crippen molar-refractivity contribution in [2.45, 2.75) is 25.7 Å². The first-order chi connectivity index (χ1) is 8.19. The molecule has 17 heavy (non-hydrogen) atoms. The lowest BCUT2D eigenvalue weighted by Gasteiger charge is -2.32. The second kappa shape index (κ2) is 4.09. The zero-order chi connectivity index (χ0) is 11.9. The highest BCUT2D eigenvalue weighted by Gasteiger charge is 2.45. The molecule has 2 aliphatic rings. The van der Waals surface area contributed by atoms with Crippen molar-refractivity contribution in [3.8, 4) is 0 Å². The lowest BCUT2D eigenvalue weighted by molar-refractivity contribution is 0.0678. The molecular weight excluding hydrogens is 280 g/mol. The largest absolute Gasteiger partial charge is 0.339 e. The van der Waals surface area contributed by atoms with Gasteiger partial charge in [0.2, 0.25) is 0 Å². The van der Waals surface area contributed by atoms with Crippen LogP contribution >= 0.6 is 15.9 Å². The van der Waals surface area contributed by atoms with Crippen LogP contribution in [0.25, 0.3) is 0 Å². The highest BCUT2D eigenvalue weighted by molar-refractivity contribution is 9.10. The van der Waals surface area contributed by atoms with Gasteiger partial charge in [-0.25, -0.2) is 0 Å². The van der Waals surface area contributed by atoms with Crippen LogP contribution in [0, 0.1) is 5.41 Å². The van der Waals surface area contributed by atoms with E-state index in [9.17, 15) is 4.79 Å². The molecule has 1 saturated carbocycles. The third-order valence-electron chi connectivity index (χ3n) is 4.02. The second-order valence-electron chi connectivity index (χ2n) is 5.18. The van der Waals surface area contributed by atoms with Gasteiger partial charge in [0.15, 0.2) is 0 Å². The molecule has 2 heterocycles. The molecule has 0 bridgehead atoms. The monoisotopic (exact) mass is 294 g/mol. The number of rotatable bonds is 1. The molecule has 0 radical (unpaired) electrons. The minimum Gasteiger partial charge on any atom is -0.339 e. The molecule has 1 aromatic rings. The minimum atomic E-state index is 0.120. The van der Waals surface area contributed by atoms with Crippen LogP contribution in [0.3, 0.4) is 0 Å². The number of likely N-dealkylation sites (tertiary alicyclic amines) is 1. The average Bonchev–Trinajstić information content (AvgIpc) is 3.09. The summed E-state index contributed by atoms with van der Waals surface area (Å²) in [5.74, 6) is 0.120. The van der Waals surface area contributed by atoms with Crippen LogP contribution in [0.4, 0.5) is 0 Å². The minimum absolute atomic E-state index is 0.120. The van der Waals surface area contributed by atoms with Gasteiger partial charge in [-0.3, -0.25) is 9.78 Å². The number of pyridine rings is 1. The summed E-state index contributed by atoms with van der Waals surface area (Å²) < 4.78 is 0.860. The first kappa shape index (κ1) is 11.2. The van der Waals surface area contributed by atoms with Crippen molar-refractivity contribution in [1.29, 1.82) is 0 Å². The quantitative estimate of drug-likeness (QED) is 0.798. The number of nitrogens with zero attached hydrogens (tertiary/aromatic N) is 2. The van der Waals surface area contributed by atoms with Crippen LogP contribution in [-0.4, -0.2) is 28.9 Å². The Labute approximate surface area is 109 Å². The normalized spacial score (nSPS) is 21.6. The van der Waals surface area contributed by atoms with Gasteiger partial charge in [-0.05, 0) is 53.1 Å². The Bertz CT molecular complexity index is 446. The molecule has 0 unspecified atom stereocenters. The van der Waals surface area contributed by atoms with Gasteiger partial charge >= 0.3 is 0 Å². The Morgan fingerprint density at radius 2 is 1.94 bits per heavy atom. The molecule has 3 rings (SSSR count). The molecule has 4 heteroatoms. The Hall–Kier alpha value is -0.900. The highest BCUT2D eigenvalue weighted by Crippen LogP contribution is 2.53. The zero-order valence-corrected chi connectivity index (χ0v) is 11.2. The Morgan fingerprint density at radius 3 is 2.53 bits per heavy atom. The van der Waals surface area contributed by atoms with E-state index in [1.165, 1.54) is 25.7 Å². The van der Waals surface area contributed by atoms with Crippen LogP contribution in [0.15, 0.2) is 22.9 Å². The smallest absolute Gasteiger partial charge is 0.255 e. The van der Waals surface area contributed by atoms with E-state index in [0.29, 0.717) is 11.0 Å². The summed E-state index contributed by atoms with van der Waals surface area (Å²) in [5, 5.41) is 0. The molecule has 1 aliphatic carbocycles. The molecule has 3 nitrogen and oxygen atoms in total. The summed E-state index contributed by atoms with van der Waals surface area (Å²) in [6.45, 7) is 1.82. The first-order valence-electron chi connectivity index (χ1n) is 6.08. The van der Waals surface area contributed by atoms with E-state index >= 15 is 0 Å². The molecule has 1 aliphatic heterocycles. The van der Waals surface area contributed by atoms with Crippen LogP contribution in [0.5, 0.6) is 0 Å². The SMILES string of the molecule is O=C(c1cncc(Br)c1)N1CCC2(CC1)CC2. The number of aromatic nitrogens is 1. The van der Waals surface area contributed by atoms with E-state index in [-0.39, 0.29) is 5.91 Å². The van der Waals surface area contributed by atoms with Crippen molar-refractivity contribution in [3.05, 3.63) is 28.5 Å². The third kappa shape index (κ3) is 2.23. The van der Waals surface area contributed by atoms with E-state index in [4.69, 9.17) is 0 Å². The van der Waals surface area contributed by atoms with Gasteiger partial charge in [0.05, 0.1) is 5.56 Å². The second-order valence-corrected chi connectivity index (χ2v) is 6.10. The van der Waals surface area contributed by atoms with E-state index in [1.807, 2.05) is 11.0 Å². The highest BCUT2D eigenvalue weighted by atomic mass is 79.9. The third-order valence-corrected chi connectivity index (χ3v) is 4.45.